The van der Waals surface area contributed by atoms with Gasteiger partial charge in [0.2, 0.25) is 5.91 Å². The Bertz CT molecular complexity index is 1140. The SMILES string of the molecule is CC1=C(/C=C/C(=O)Nc2cccc3cnccc23)C(C)(C)CCC1Oc1ccccc1. The number of hydrogen-bond donors (Lipinski definition) is 1. The van der Waals surface area contributed by atoms with E-state index in [0.29, 0.717) is 0 Å². The van der Waals surface area contributed by atoms with Crippen molar-refractivity contribution in [3.8, 4) is 5.75 Å². The second-order valence-corrected chi connectivity index (χ2v) is 8.66. The van der Waals surface area contributed by atoms with Crippen molar-refractivity contribution in [3.63, 3.8) is 0 Å². The van der Waals surface area contributed by atoms with Gasteiger partial charge < -0.3 is 10.1 Å². The molecule has 0 saturated carbocycles. The monoisotopic (exact) mass is 412 g/mol. The summed E-state index contributed by atoms with van der Waals surface area (Å²) in [5.74, 6) is 0.726. The Kier molecular flexibility index (Phi) is 5.90. The zero-order valence-corrected chi connectivity index (χ0v) is 18.3. The number of nitrogens with one attached hydrogen (secondary N) is 1. The number of ether oxygens (including phenoxy) is 1. The van der Waals surface area contributed by atoms with Crippen LogP contribution in [-0.2, 0) is 4.79 Å². The molecular weight excluding hydrogens is 384 g/mol. The van der Waals surface area contributed by atoms with Gasteiger partial charge >= 0.3 is 0 Å². The maximum absolute atomic E-state index is 12.7. The third-order valence-corrected chi connectivity index (χ3v) is 6.03. The fourth-order valence-electron chi connectivity index (χ4n) is 4.28. The maximum Gasteiger partial charge on any atom is 0.248 e. The average molecular weight is 413 g/mol. The number of benzene rings is 2. The molecule has 0 fully saturated rings. The molecule has 31 heavy (non-hydrogen) atoms. The van der Waals surface area contributed by atoms with Crippen LogP contribution in [0.3, 0.4) is 0 Å². The molecule has 1 aromatic heterocycles. The first kappa shape index (κ1) is 20.9. The average Bonchev–Trinajstić information content (AvgIpc) is 2.76. The van der Waals surface area contributed by atoms with Gasteiger partial charge in [-0.05, 0) is 60.6 Å². The third kappa shape index (κ3) is 4.69. The molecule has 4 nitrogen and oxygen atoms in total. The summed E-state index contributed by atoms with van der Waals surface area (Å²) in [6.07, 6.45) is 9.10. The predicted octanol–water partition coefficient (Wildman–Crippen LogP) is 6.31. The predicted molar refractivity (Wildman–Crippen MR) is 126 cm³/mol. The van der Waals surface area contributed by atoms with Gasteiger partial charge in [-0.2, -0.15) is 0 Å². The van der Waals surface area contributed by atoms with E-state index >= 15 is 0 Å². The van der Waals surface area contributed by atoms with Gasteiger partial charge in [0.05, 0.1) is 0 Å². The zero-order valence-electron chi connectivity index (χ0n) is 18.3. The van der Waals surface area contributed by atoms with Crippen molar-refractivity contribution >= 4 is 22.4 Å². The minimum absolute atomic E-state index is 0.0114. The van der Waals surface area contributed by atoms with E-state index in [1.807, 2.05) is 60.7 Å². The first-order valence-corrected chi connectivity index (χ1v) is 10.7. The van der Waals surface area contributed by atoms with Gasteiger partial charge in [0.15, 0.2) is 0 Å². The quantitative estimate of drug-likeness (QED) is 0.499. The molecule has 1 heterocycles. The highest BCUT2D eigenvalue weighted by Crippen LogP contribution is 2.42. The summed E-state index contributed by atoms with van der Waals surface area (Å²) >= 11 is 0. The molecule has 2 aromatic carbocycles. The van der Waals surface area contributed by atoms with E-state index in [2.05, 4.69) is 31.1 Å². The van der Waals surface area contributed by atoms with Crippen molar-refractivity contribution in [2.24, 2.45) is 5.41 Å². The lowest BCUT2D eigenvalue weighted by atomic mass is 9.71. The Morgan fingerprint density at radius 3 is 2.74 bits per heavy atom. The highest BCUT2D eigenvalue weighted by atomic mass is 16.5. The van der Waals surface area contributed by atoms with E-state index in [1.54, 1.807) is 18.5 Å². The fourth-order valence-corrected chi connectivity index (χ4v) is 4.28. The molecule has 1 N–H and O–H groups in total. The summed E-state index contributed by atoms with van der Waals surface area (Å²) in [5, 5.41) is 4.98. The van der Waals surface area contributed by atoms with Gasteiger partial charge in [0.1, 0.15) is 11.9 Å². The van der Waals surface area contributed by atoms with Crippen LogP contribution in [0.25, 0.3) is 10.8 Å². The van der Waals surface area contributed by atoms with E-state index in [4.69, 9.17) is 4.74 Å². The number of carbonyl (C=O) groups is 1. The molecule has 0 bridgehead atoms. The Labute approximate surface area is 183 Å². The third-order valence-electron chi connectivity index (χ3n) is 6.03. The Balaban J connectivity index is 1.54. The van der Waals surface area contributed by atoms with E-state index in [9.17, 15) is 4.79 Å². The van der Waals surface area contributed by atoms with Crippen molar-refractivity contribution in [2.75, 3.05) is 5.32 Å². The van der Waals surface area contributed by atoms with Crippen LogP contribution < -0.4 is 10.1 Å². The Hall–Kier alpha value is -3.40. The van der Waals surface area contributed by atoms with Gasteiger partial charge in [0, 0.05) is 34.9 Å². The summed E-state index contributed by atoms with van der Waals surface area (Å²) in [6, 6.07) is 17.6. The minimum atomic E-state index is -0.147. The van der Waals surface area contributed by atoms with Crippen molar-refractivity contribution in [1.82, 2.24) is 4.98 Å². The first-order valence-electron chi connectivity index (χ1n) is 10.7. The molecule has 0 aliphatic heterocycles. The number of fused-ring (bicyclic) bond motifs is 1. The van der Waals surface area contributed by atoms with Crippen LogP contribution in [0.1, 0.15) is 33.6 Å². The molecule has 0 radical (unpaired) electrons. The minimum Gasteiger partial charge on any atom is -0.486 e. The molecule has 0 saturated heterocycles. The number of anilines is 1. The van der Waals surface area contributed by atoms with Crippen LogP contribution in [0.2, 0.25) is 0 Å². The Morgan fingerprint density at radius 2 is 1.94 bits per heavy atom. The molecule has 158 valence electrons. The first-order chi connectivity index (χ1) is 14.9. The molecule has 1 aliphatic carbocycles. The number of para-hydroxylation sites is 1. The van der Waals surface area contributed by atoms with E-state index < -0.39 is 0 Å². The number of carbonyl (C=O) groups excluding carboxylic acids is 1. The smallest absolute Gasteiger partial charge is 0.248 e. The number of allylic oxidation sites excluding steroid dienone is 2. The number of aromatic nitrogens is 1. The van der Waals surface area contributed by atoms with Crippen LogP contribution in [-0.4, -0.2) is 17.0 Å². The summed E-state index contributed by atoms with van der Waals surface area (Å²) in [7, 11) is 0. The molecule has 1 atom stereocenters. The normalized spacial score (nSPS) is 18.4. The van der Waals surface area contributed by atoms with Crippen molar-refractivity contribution in [2.45, 2.75) is 39.7 Å². The highest BCUT2D eigenvalue weighted by Gasteiger charge is 2.33. The number of pyridine rings is 1. The molecule has 4 heteroatoms. The van der Waals surface area contributed by atoms with E-state index in [0.717, 1.165) is 40.6 Å². The molecule has 0 spiro atoms. The van der Waals surface area contributed by atoms with Crippen LogP contribution >= 0.6 is 0 Å². The van der Waals surface area contributed by atoms with Crippen molar-refractivity contribution < 1.29 is 9.53 Å². The lowest BCUT2D eigenvalue weighted by Crippen LogP contribution is -2.31. The van der Waals surface area contributed by atoms with Crippen LogP contribution in [0.5, 0.6) is 5.75 Å². The summed E-state index contributed by atoms with van der Waals surface area (Å²) in [5.41, 5.74) is 3.12. The standard InChI is InChI=1S/C27H28N2O2/c1-19-23(27(2,3)16-14-25(19)31-21-9-5-4-6-10-21)12-13-26(30)29-24-11-7-8-20-18-28-17-15-22(20)24/h4-13,15,17-18,25H,14,16H2,1-3H3,(H,29,30)/b13-12+. The van der Waals surface area contributed by atoms with E-state index in [1.165, 1.54) is 5.57 Å². The molecular formula is C27H28N2O2. The lowest BCUT2D eigenvalue weighted by molar-refractivity contribution is -0.111. The number of hydrogen-bond acceptors (Lipinski definition) is 3. The summed E-state index contributed by atoms with van der Waals surface area (Å²) in [6.45, 7) is 6.57. The van der Waals surface area contributed by atoms with Gasteiger partial charge in [-0.1, -0.05) is 50.3 Å². The second-order valence-electron chi connectivity index (χ2n) is 8.66. The summed E-state index contributed by atoms with van der Waals surface area (Å²) < 4.78 is 6.24. The van der Waals surface area contributed by atoms with Crippen molar-refractivity contribution in [3.05, 3.63) is 90.3 Å². The molecule has 4 rings (SSSR count). The number of nitrogens with zero attached hydrogens (tertiary/aromatic N) is 1. The van der Waals surface area contributed by atoms with Crippen LogP contribution in [0.15, 0.2) is 90.3 Å². The second kappa shape index (κ2) is 8.76. The molecule has 1 amide bonds. The summed E-state index contributed by atoms with van der Waals surface area (Å²) in [4.78, 5) is 16.9. The molecule has 3 aromatic rings. The lowest BCUT2D eigenvalue weighted by Gasteiger charge is -2.37. The fraction of sp³-hybridized carbons (Fsp3) is 0.259. The molecule has 1 aliphatic rings. The Morgan fingerprint density at radius 1 is 1.13 bits per heavy atom. The zero-order chi connectivity index (χ0) is 21.8. The van der Waals surface area contributed by atoms with Crippen LogP contribution in [0.4, 0.5) is 5.69 Å². The van der Waals surface area contributed by atoms with E-state index in [-0.39, 0.29) is 17.4 Å². The highest BCUT2D eigenvalue weighted by molar-refractivity contribution is 6.06. The van der Waals surface area contributed by atoms with Crippen molar-refractivity contribution in [1.29, 1.82) is 0 Å². The molecule has 1 unspecified atom stereocenters. The van der Waals surface area contributed by atoms with Gasteiger partial charge in [0.25, 0.3) is 0 Å². The van der Waals surface area contributed by atoms with Crippen LogP contribution in [0, 0.1) is 5.41 Å². The largest absolute Gasteiger partial charge is 0.486 e. The van der Waals surface area contributed by atoms with Gasteiger partial charge in [-0.15, -0.1) is 0 Å². The number of rotatable bonds is 5. The maximum atomic E-state index is 12.7. The topological polar surface area (TPSA) is 51.2 Å². The number of amides is 1. The van der Waals surface area contributed by atoms with Gasteiger partial charge in [-0.25, -0.2) is 0 Å². The van der Waals surface area contributed by atoms with Gasteiger partial charge in [-0.3, -0.25) is 9.78 Å².